The lowest BCUT2D eigenvalue weighted by molar-refractivity contribution is -0.310. The summed E-state index contributed by atoms with van der Waals surface area (Å²) in [6.45, 7) is 9.13. The highest BCUT2D eigenvalue weighted by molar-refractivity contribution is 4.79. The van der Waals surface area contributed by atoms with Crippen molar-refractivity contribution in [1.29, 1.82) is 0 Å². The normalized spacial score (nSPS) is 22.5. The van der Waals surface area contributed by atoms with Crippen LogP contribution in [0.3, 0.4) is 0 Å². The topological polar surface area (TPSA) is 19.4 Å². The molecule has 0 aliphatic carbocycles. The van der Waals surface area contributed by atoms with Gasteiger partial charge in [-0.25, -0.2) is 10.0 Å². The van der Waals surface area contributed by atoms with Gasteiger partial charge in [-0.05, 0) is 68.0 Å². The molecule has 144 valence electrons. The first kappa shape index (κ1) is 21.8. The van der Waals surface area contributed by atoms with Crippen LogP contribution in [0.25, 0.3) is 0 Å². The lowest BCUT2D eigenvalue weighted by Gasteiger charge is -2.57. The van der Waals surface area contributed by atoms with Crippen LogP contribution in [0.5, 0.6) is 0 Å². The Morgan fingerprint density at radius 2 is 0.958 bits per heavy atom. The van der Waals surface area contributed by atoms with Crippen LogP contribution in [0.15, 0.2) is 0 Å². The first-order valence-electron chi connectivity index (χ1n) is 9.61. The number of hydrogen-bond acceptors (Lipinski definition) is 6. The average Bonchev–Trinajstić information content (AvgIpc) is 2.50. The molecule has 0 bridgehead atoms. The molecule has 1 aliphatic heterocycles. The molecule has 24 heavy (non-hydrogen) atoms. The minimum Gasteiger partial charge on any atom is -0.293 e. The highest BCUT2D eigenvalue weighted by Gasteiger charge is 2.40. The van der Waals surface area contributed by atoms with E-state index in [0.29, 0.717) is 18.5 Å². The SMILES string of the molecule is CCC(N(C)C)N1CCCN(C(CC)N(C)C)N1C(CC)N(C)C. The molecule has 0 aromatic rings. The maximum Gasteiger partial charge on any atom is 0.0914 e. The van der Waals surface area contributed by atoms with Crippen molar-refractivity contribution in [3.8, 4) is 0 Å². The molecule has 0 amide bonds. The van der Waals surface area contributed by atoms with Gasteiger partial charge in [-0.2, -0.15) is 5.12 Å². The van der Waals surface area contributed by atoms with Gasteiger partial charge in [0.05, 0.1) is 18.5 Å². The van der Waals surface area contributed by atoms with E-state index in [0.717, 1.165) is 32.4 Å². The molecule has 1 fully saturated rings. The van der Waals surface area contributed by atoms with Crippen molar-refractivity contribution in [2.75, 3.05) is 55.4 Å². The molecule has 6 heteroatoms. The van der Waals surface area contributed by atoms with E-state index < -0.39 is 0 Å². The fraction of sp³-hybridized carbons (Fsp3) is 1.00. The van der Waals surface area contributed by atoms with Crippen molar-refractivity contribution < 1.29 is 0 Å². The number of hydrogen-bond donors (Lipinski definition) is 0. The third-order valence-electron chi connectivity index (χ3n) is 5.14. The van der Waals surface area contributed by atoms with Crippen LogP contribution in [0.4, 0.5) is 0 Å². The van der Waals surface area contributed by atoms with Crippen molar-refractivity contribution >= 4 is 0 Å². The Kier molecular flexibility index (Phi) is 9.12. The summed E-state index contributed by atoms with van der Waals surface area (Å²) in [6.07, 6.45) is 5.82. The lowest BCUT2D eigenvalue weighted by atomic mass is 10.2. The molecule has 0 spiro atoms. The van der Waals surface area contributed by atoms with Crippen LogP contribution in [0.2, 0.25) is 0 Å². The molecule has 1 heterocycles. The first-order valence-corrected chi connectivity index (χ1v) is 9.61. The number of nitrogens with zero attached hydrogens (tertiary/aromatic N) is 6. The smallest absolute Gasteiger partial charge is 0.0914 e. The zero-order chi connectivity index (χ0) is 18.4. The van der Waals surface area contributed by atoms with E-state index in [2.05, 4.69) is 92.9 Å². The Balaban J connectivity index is 3.26. The summed E-state index contributed by atoms with van der Waals surface area (Å²) in [5.41, 5.74) is 0. The summed E-state index contributed by atoms with van der Waals surface area (Å²) in [6, 6.07) is 0. The van der Waals surface area contributed by atoms with Crippen LogP contribution in [0.1, 0.15) is 46.5 Å². The molecular weight excluding hydrogens is 300 g/mol. The van der Waals surface area contributed by atoms with Gasteiger partial charge in [0.15, 0.2) is 0 Å². The van der Waals surface area contributed by atoms with E-state index in [1.54, 1.807) is 0 Å². The predicted octanol–water partition coefficient (Wildman–Crippen LogP) is 2.02. The van der Waals surface area contributed by atoms with Gasteiger partial charge in [0, 0.05) is 13.1 Å². The van der Waals surface area contributed by atoms with Gasteiger partial charge in [-0.15, -0.1) is 0 Å². The third kappa shape index (κ3) is 4.90. The minimum absolute atomic E-state index is 0.383. The van der Waals surface area contributed by atoms with E-state index in [1.165, 1.54) is 6.42 Å². The summed E-state index contributed by atoms with van der Waals surface area (Å²) < 4.78 is 0. The molecule has 1 saturated heterocycles. The summed E-state index contributed by atoms with van der Waals surface area (Å²) >= 11 is 0. The minimum atomic E-state index is 0.383. The maximum absolute atomic E-state index is 2.60. The highest BCUT2D eigenvalue weighted by atomic mass is 15.9. The summed E-state index contributed by atoms with van der Waals surface area (Å²) in [7, 11) is 13.2. The molecule has 1 rings (SSSR count). The Morgan fingerprint density at radius 3 is 1.21 bits per heavy atom. The maximum atomic E-state index is 2.60. The number of hydrazine groups is 2. The van der Waals surface area contributed by atoms with E-state index >= 15 is 0 Å². The second kappa shape index (κ2) is 10.0. The lowest BCUT2D eigenvalue weighted by Crippen LogP contribution is -2.71. The number of rotatable bonds is 9. The van der Waals surface area contributed by atoms with E-state index in [-0.39, 0.29) is 0 Å². The zero-order valence-electron chi connectivity index (χ0n) is 17.7. The molecular formula is C18H42N6. The van der Waals surface area contributed by atoms with Gasteiger partial charge < -0.3 is 0 Å². The summed E-state index contributed by atoms with van der Waals surface area (Å²) in [5, 5.41) is 7.78. The predicted molar refractivity (Wildman–Crippen MR) is 103 cm³/mol. The van der Waals surface area contributed by atoms with Crippen molar-refractivity contribution in [3.05, 3.63) is 0 Å². The third-order valence-corrected chi connectivity index (χ3v) is 5.14. The standard InChI is InChI=1S/C18H42N6/c1-10-16(19(4)5)22-14-13-15-23(17(11-2)20(6)7)24(22)18(12-3)21(8)9/h16-18H,10-15H2,1-9H3. The molecule has 6 nitrogen and oxygen atoms in total. The van der Waals surface area contributed by atoms with Gasteiger partial charge in [0.25, 0.3) is 0 Å². The Morgan fingerprint density at radius 1 is 0.625 bits per heavy atom. The van der Waals surface area contributed by atoms with Crippen LogP contribution in [-0.4, -0.2) is 104 Å². The van der Waals surface area contributed by atoms with E-state index in [1.807, 2.05) is 0 Å². The van der Waals surface area contributed by atoms with E-state index in [4.69, 9.17) is 0 Å². The molecule has 0 aromatic carbocycles. The quantitative estimate of drug-likeness (QED) is 0.634. The van der Waals surface area contributed by atoms with Crippen molar-refractivity contribution in [3.63, 3.8) is 0 Å². The van der Waals surface area contributed by atoms with Gasteiger partial charge in [-0.3, -0.25) is 14.7 Å². The van der Waals surface area contributed by atoms with Crippen LogP contribution in [0, 0.1) is 0 Å². The van der Waals surface area contributed by atoms with Gasteiger partial charge in [-0.1, -0.05) is 20.8 Å². The molecule has 0 saturated carbocycles. The van der Waals surface area contributed by atoms with E-state index in [9.17, 15) is 0 Å². The first-order chi connectivity index (χ1) is 11.3. The fourth-order valence-electron chi connectivity index (χ4n) is 4.08. The van der Waals surface area contributed by atoms with Crippen molar-refractivity contribution in [2.24, 2.45) is 0 Å². The molecule has 3 unspecified atom stereocenters. The summed E-state index contributed by atoms with van der Waals surface area (Å²) in [5.74, 6) is 0. The van der Waals surface area contributed by atoms with Gasteiger partial charge in [0.2, 0.25) is 0 Å². The zero-order valence-corrected chi connectivity index (χ0v) is 17.7. The largest absolute Gasteiger partial charge is 0.293 e. The molecule has 1 aliphatic rings. The Labute approximate surface area is 150 Å². The van der Waals surface area contributed by atoms with Crippen molar-refractivity contribution in [2.45, 2.75) is 65.0 Å². The molecule has 0 N–H and O–H groups in total. The van der Waals surface area contributed by atoms with Crippen LogP contribution >= 0.6 is 0 Å². The molecule has 0 radical (unpaired) electrons. The molecule has 3 atom stereocenters. The molecule has 0 aromatic heterocycles. The van der Waals surface area contributed by atoms with Gasteiger partial charge >= 0.3 is 0 Å². The Bertz CT molecular complexity index is 322. The second-order valence-corrected chi connectivity index (χ2v) is 7.56. The van der Waals surface area contributed by atoms with Crippen LogP contribution in [-0.2, 0) is 0 Å². The average molecular weight is 343 g/mol. The van der Waals surface area contributed by atoms with Gasteiger partial charge in [0.1, 0.15) is 0 Å². The fourth-order valence-corrected chi connectivity index (χ4v) is 4.08. The highest BCUT2D eigenvalue weighted by Crippen LogP contribution is 2.27. The Hall–Kier alpha value is -0.240. The van der Waals surface area contributed by atoms with Crippen LogP contribution < -0.4 is 0 Å². The summed E-state index contributed by atoms with van der Waals surface area (Å²) in [4.78, 5) is 7.07. The van der Waals surface area contributed by atoms with Crippen molar-refractivity contribution in [1.82, 2.24) is 29.8 Å². The second-order valence-electron chi connectivity index (χ2n) is 7.56. The monoisotopic (exact) mass is 342 g/mol.